The van der Waals surface area contributed by atoms with Gasteiger partial charge in [0.15, 0.2) is 9.84 Å². The number of aryl methyl sites for hydroxylation is 2. The molecule has 1 atom stereocenters. The first-order valence-corrected chi connectivity index (χ1v) is 10.6. The molecule has 2 aromatic carbocycles. The predicted octanol–water partition coefficient (Wildman–Crippen LogP) is 3.78. The number of hydrogen-bond donors (Lipinski definition) is 1. The molecule has 1 unspecified atom stereocenters. The van der Waals surface area contributed by atoms with Gasteiger partial charge in [0.1, 0.15) is 11.1 Å². The summed E-state index contributed by atoms with van der Waals surface area (Å²) in [5.41, 5.74) is 2.06. The zero-order chi connectivity index (χ0) is 21.0. The summed E-state index contributed by atoms with van der Waals surface area (Å²) in [4.78, 5) is 16.5. The molecule has 1 amide bonds. The van der Waals surface area contributed by atoms with Crippen LogP contribution < -0.4 is 5.32 Å². The minimum atomic E-state index is -3.90. The Hall–Kier alpha value is -3.06. The second-order valence-corrected chi connectivity index (χ2v) is 8.94. The third kappa shape index (κ3) is 4.68. The molecule has 0 spiro atoms. The summed E-state index contributed by atoms with van der Waals surface area (Å²) < 4.78 is 40.2. The molecule has 0 aliphatic heterocycles. The molecule has 0 aliphatic carbocycles. The topological polar surface area (TPSA) is 76.1 Å². The van der Waals surface area contributed by atoms with Crippen LogP contribution in [0.4, 0.5) is 4.39 Å². The number of carbonyl (C=O) groups excluding carboxylic acids is 1. The molecule has 29 heavy (non-hydrogen) atoms. The molecule has 1 heterocycles. The van der Waals surface area contributed by atoms with E-state index in [9.17, 15) is 17.6 Å². The van der Waals surface area contributed by atoms with Crippen LogP contribution in [-0.4, -0.2) is 25.9 Å². The van der Waals surface area contributed by atoms with E-state index >= 15 is 0 Å². The Labute approximate surface area is 169 Å². The Kier molecular flexibility index (Phi) is 6.08. The number of amides is 1. The number of carbonyl (C=O) groups is 1. The van der Waals surface area contributed by atoms with Crippen LogP contribution in [0.2, 0.25) is 0 Å². The predicted molar refractivity (Wildman–Crippen MR) is 109 cm³/mol. The molecule has 0 saturated carbocycles. The highest BCUT2D eigenvalue weighted by Crippen LogP contribution is 2.29. The highest BCUT2D eigenvalue weighted by Gasteiger charge is 2.30. The number of aromatic nitrogens is 1. The van der Waals surface area contributed by atoms with Gasteiger partial charge in [-0.2, -0.15) is 0 Å². The summed E-state index contributed by atoms with van der Waals surface area (Å²) >= 11 is 0. The molecule has 1 N–H and O–H groups in total. The van der Waals surface area contributed by atoms with Gasteiger partial charge in [0, 0.05) is 24.5 Å². The molecule has 5 nitrogen and oxygen atoms in total. The van der Waals surface area contributed by atoms with E-state index in [2.05, 4.69) is 10.3 Å². The maximum atomic E-state index is 13.6. The standard InChI is InChI=1S/C22H21FN2O3S/c1-15-5-3-6-17(11-15)22(26)25-14-21(18-7-4-10-24-13-18)29(27,28)19-8-9-20(23)16(2)12-19/h3-13,21H,14H2,1-2H3,(H,25,26). The number of nitrogens with zero attached hydrogens (tertiary/aromatic N) is 1. The molecule has 3 rings (SSSR count). The molecule has 7 heteroatoms. The van der Waals surface area contributed by atoms with Crippen molar-refractivity contribution in [2.75, 3.05) is 6.54 Å². The van der Waals surface area contributed by atoms with Crippen molar-refractivity contribution in [2.45, 2.75) is 24.0 Å². The van der Waals surface area contributed by atoms with Gasteiger partial charge in [-0.3, -0.25) is 9.78 Å². The largest absolute Gasteiger partial charge is 0.350 e. The Morgan fingerprint density at radius 1 is 1.10 bits per heavy atom. The number of sulfone groups is 1. The Morgan fingerprint density at radius 3 is 2.55 bits per heavy atom. The second kappa shape index (κ2) is 8.53. The van der Waals surface area contributed by atoms with E-state index in [-0.39, 0.29) is 22.9 Å². The average molecular weight is 412 g/mol. The number of halogens is 1. The SMILES string of the molecule is Cc1cccc(C(=O)NCC(c2cccnc2)S(=O)(=O)c2ccc(F)c(C)c2)c1. The lowest BCUT2D eigenvalue weighted by Crippen LogP contribution is -2.32. The first-order chi connectivity index (χ1) is 13.8. The minimum Gasteiger partial charge on any atom is -0.350 e. The zero-order valence-corrected chi connectivity index (χ0v) is 16.9. The van der Waals surface area contributed by atoms with E-state index in [1.165, 1.54) is 25.3 Å². The van der Waals surface area contributed by atoms with Crippen LogP contribution in [0.1, 0.15) is 32.3 Å². The average Bonchev–Trinajstić information content (AvgIpc) is 2.70. The number of pyridine rings is 1. The van der Waals surface area contributed by atoms with Crippen LogP contribution in [0, 0.1) is 19.7 Å². The summed E-state index contributed by atoms with van der Waals surface area (Å²) in [6.07, 6.45) is 3.00. The molecule has 0 fully saturated rings. The molecule has 3 aromatic rings. The maximum Gasteiger partial charge on any atom is 0.251 e. The molecule has 0 radical (unpaired) electrons. The Balaban J connectivity index is 1.93. The third-order valence-electron chi connectivity index (χ3n) is 4.62. The van der Waals surface area contributed by atoms with Crippen LogP contribution in [0.15, 0.2) is 71.9 Å². The van der Waals surface area contributed by atoms with Crippen molar-refractivity contribution >= 4 is 15.7 Å². The smallest absolute Gasteiger partial charge is 0.251 e. The molecule has 150 valence electrons. The summed E-state index contributed by atoms with van der Waals surface area (Å²) in [7, 11) is -3.90. The van der Waals surface area contributed by atoms with Crippen LogP contribution in [0.3, 0.4) is 0 Å². The molecule has 0 saturated heterocycles. The summed E-state index contributed by atoms with van der Waals surface area (Å²) in [5.74, 6) is -0.845. The van der Waals surface area contributed by atoms with Crippen LogP contribution in [0.5, 0.6) is 0 Å². The van der Waals surface area contributed by atoms with E-state index in [1.54, 1.807) is 36.5 Å². The van der Waals surface area contributed by atoms with Gasteiger partial charge in [-0.05, 0) is 61.4 Å². The molecular formula is C22H21FN2O3S. The maximum absolute atomic E-state index is 13.6. The van der Waals surface area contributed by atoms with E-state index in [0.29, 0.717) is 11.1 Å². The number of hydrogen-bond acceptors (Lipinski definition) is 4. The second-order valence-electron chi connectivity index (χ2n) is 6.81. The third-order valence-corrected chi connectivity index (χ3v) is 6.72. The van der Waals surface area contributed by atoms with E-state index in [0.717, 1.165) is 11.6 Å². The van der Waals surface area contributed by atoms with E-state index < -0.39 is 20.9 Å². The van der Waals surface area contributed by atoms with E-state index in [1.807, 2.05) is 13.0 Å². The van der Waals surface area contributed by atoms with E-state index in [4.69, 9.17) is 0 Å². The Bertz CT molecular complexity index is 1130. The first-order valence-electron chi connectivity index (χ1n) is 9.04. The van der Waals surface area contributed by atoms with Crippen molar-refractivity contribution in [1.82, 2.24) is 10.3 Å². The van der Waals surface area contributed by atoms with Crippen molar-refractivity contribution in [2.24, 2.45) is 0 Å². The summed E-state index contributed by atoms with van der Waals surface area (Å²) in [5, 5.41) is 1.65. The van der Waals surface area contributed by atoms with Crippen molar-refractivity contribution in [1.29, 1.82) is 0 Å². The summed E-state index contributed by atoms with van der Waals surface area (Å²) in [6, 6.07) is 14.0. The Morgan fingerprint density at radius 2 is 1.90 bits per heavy atom. The number of benzene rings is 2. The zero-order valence-electron chi connectivity index (χ0n) is 16.1. The fourth-order valence-corrected chi connectivity index (χ4v) is 4.73. The van der Waals surface area contributed by atoms with Gasteiger partial charge in [0.05, 0.1) is 4.90 Å². The van der Waals surface area contributed by atoms with Crippen molar-refractivity contribution in [3.8, 4) is 0 Å². The quantitative estimate of drug-likeness (QED) is 0.625. The fourth-order valence-electron chi connectivity index (χ4n) is 3.01. The molecular weight excluding hydrogens is 391 g/mol. The van der Waals surface area contributed by atoms with Crippen molar-refractivity contribution in [3.63, 3.8) is 0 Å². The highest BCUT2D eigenvalue weighted by atomic mass is 32.2. The van der Waals surface area contributed by atoms with Crippen LogP contribution in [0.25, 0.3) is 0 Å². The molecule has 0 aliphatic rings. The van der Waals surface area contributed by atoms with Crippen molar-refractivity contribution in [3.05, 3.63) is 95.1 Å². The first kappa shape index (κ1) is 20.7. The normalized spacial score (nSPS) is 12.4. The van der Waals surface area contributed by atoms with Crippen LogP contribution in [-0.2, 0) is 9.84 Å². The lowest BCUT2D eigenvalue weighted by molar-refractivity contribution is 0.0953. The number of rotatable bonds is 6. The molecule has 1 aromatic heterocycles. The van der Waals surface area contributed by atoms with Crippen LogP contribution >= 0.6 is 0 Å². The van der Waals surface area contributed by atoms with Gasteiger partial charge in [-0.15, -0.1) is 0 Å². The fraction of sp³-hybridized carbons (Fsp3) is 0.182. The van der Waals surface area contributed by atoms with Crippen molar-refractivity contribution < 1.29 is 17.6 Å². The lowest BCUT2D eigenvalue weighted by Gasteiger charge is -2.19. The molecule has 0 bridgehead atoms. The monoisotopic (exact) mass is 412 g/mol. The number of nitrogens with one attached hydrogen (secondary N) is 1. The van der Waals surface area contributed by atoms with Gasteiger partial charge in [-0.1, -0.05) is 23.8 Å². The van der Waals surface area contributed by atoms with Gasteiger partial charge < -0.3 is 5.32 Å². The van der Waals surface area contributed by atoms with Gasteiger partial charge in [-0.25, -0.2) is 12.8 Å². The lowest BCUT2D eigenvalue weighted by atomic mass is 10.1. The van der Waals surface area contributed by atoms with Gasteiger partial charge in [0.25, 0.3) is 5.91 Å². The highest BCUT2D eigenvalue weighted by molar-refractivity contribution is 7.91. The van der Waals surface area contributed by atoms with Gasteiger partial charge in [0.2, 0.25) is 0 Å². The van der Waals surface area contributed by atoms with Gasteiger partial charge >= 0.3 is 0 Å². The minimum absolute atomic E-state index is 0.00458. The summed E-state index contributed by atoms with van der Waals surface area (Å²) in [6.45, 7) is 3.24.